The SMILES string of the molecule is CC(C)c1c2c(cc(Br)c1C1CCCN1)OCCCO2. The number of halogens is 1. The van der Waals surface area contributed by atoms with Crippen LogP contribution in [0, 0.1) is 0 Å². The molecule has 1 unspecified atom stereocenters. The van der Waals surface area contributed by atoms with Gasteiger partial charge in [0.1, 0.15) is 0 Å². The van der Waals surface area contributed by atoms with Crippen LogP contribution in [0.2, 0.25) is 0 Å². The molecule has 4 heteroatoms. The van der Waals surface area contributed by atoms with E-state index in [0.29, 0.717) is 12.0 Å². The number of ether oxygens (including phenoxy) is 2. The molecule has 0 aliphatic carbocycles. The van der Waals surface area contributed by atoms with E-state index in [1.807, 2.05) is 0 Å². The average molecular weight is 340 g/mol. The van der Waals surface area contributed by atoms with Gasteiger partial charge in [0, 0.05) is 22.5 Å². The molecule has 110 valence electrons. The van der Waals surface area contributed by atoms with Crippen LogP contribution in [0.25, 0.3) is 0 Å². The first-order chi connectivity index (χ1) is 9.68. The van der Waals surface area contributed by atoms with Gasteiger partial charge in [-0.2, -0.15) is 0 Å². The first-order valence-electron chi connectivity index (χ1n) is 7.53. The fourth-order valence-electron chi connectivity index (χ4n) is 3.17. The highest BCUT2D eigenvalue weighted by Gasteiger charge is 2.28. The van der Waals surface area contributed by atoms with E-state index < -0.39 is 0 Å². The molecule has 1 saturated heterocycles. The van der Waals surface area contributed by atoms with Crippen LogP contribution in [-0.4, -0.2) is 19.8 Å². The lowest BCUT2D eigenvalue weighted by Crippen LogP contribution is -2.17. The molecule has 2 aliphatic rings. The summed E-state index contributed by atoms with van der Waals surface area (Å²) in [6.07, 6.45) is 3.38. The number of benzene rings is 1. The van der Waals surface area contributed by atoms with E-state index >= 15 is 0 Å². The van der Waals surface area contributed by atoms with Crippen molar-refractivity contribution >= 4 is 15.9 Å². The maximum atomic E-state index is 6.02. The Morgan fingerprint density at radius 1 is 1.25 bits per heavy atom. The Balaban J connectivity index is 2.14. The zero-order chi connectivity index (χ0) is 14.1. The van der Waals surface area contributed by atoms with Gasteiger partial charge in [-0.3, -0.25) is 0 Å². The number of hydrogen-bond donors (Lipinski definition) is 1. The second-order valence-electron chi connectivity index (χ2n) is 5.87. The zero-order valence-corrected chi connectivity index (χ0v) is 13.8. The minimum absolute atomic E-state index is 0.417. The monoisotopic (exact) mass is 339 g/mol. The molecular weight excluding hydrogens is 318 g/mol. The molecule has 2 aliphatic heterocycles. The third-order valence-electron chi connectivity index (χ3n) is 4.05. The second-order valence-corrected chi connectivity index (χ2v) is 6.72. The average Bonchev–Trinajstić information content (AvgIpc) is 2.83. The van der Waals surface area contributed by atoms with Gasteiger partial charge in [0.2, 0.25) is 0 Å². The molecule has 0 amide bonds. The molecule has 1 aromatic rings. The Hall–Kier alpha value is -0.740. The Labute approximate surface area is 129 Å². The molecule has 0 spiro atoms. The van der Waals surface area contributed by atoms with Crippen molar-refractivity contribution in [1.82, 2.24) is 5.32 Å². The summed E-state index contributed by atoms with van der Waals surface area (Å²) in [5.74, 6) is 2.27. The van der Waals surface area contributed by atoms with E-state index in [0.717, 1.165) is 42.2 Å². The smallest absolute Gasteiger partial charge is 0.165 e. The largest absolute Gasteiger partial charge is 0.490 e. The zero-order valence-electron chi connectivity index (χ0n) is 12.2. The van der Waals surface area contributed by atoms with Crippen LogP contribution in [0.4, 0.5) is 0 Å². The van der Waals surface area contributed by atoms with Crippen LogP contribution in [-0.2, 0) is 0 Å². The summed E-state index contributed by atoms with van der Waals surface area (Å²) < 4.78 is 13.0. The van der Waals surface area contributed by atoms with Crippen LogP contribution < -0.4 is 14.8 Å². The molecule has 1 aromatic carbocycles. The number of rotatable bonds is 2. The second kappa shape index (κ2) is 5.94. The maximum absolute atomic E-state index is 6.02. The standard InChI is InChI=1S/C16H22BrNO2/c1-10(2)14-15(12-5-3-6-18-12)11(17)9-13-16(14)20-8-4-7-19-13/h9-10,12,18H,3-8H2,1-2H3. The predicted octanol–water partition coefficient (Wildman–Crippen LogP) is 4.16. The van der Waals surface area contributed by atoms with E-state index in [9.17, 15) is 0 Å². The number of fused-ring (bicyclic) bond motifs is 1. The highest BCUT2D eigenvalue weighted by atomic mass is 79.9. The van der Waals surface area contributed by atoms with Gasteiger partial charge >= 0.3 is 0 Å². The van der Waals surface area contributed by atoms with E-state index in [1.165, 1.54) is 24.0 Å². The fourth-order valence-corrected chi connectivity index (χ4v) is 3.87. The minimum atomic E-state index is 0.417. The van der Waals surface area contributed by atoms with Crippen molar-refractivity contribution in [2.75, 3.05) is 19.8 Å². The third-order valence-corrected chi connectivity index (χ3v) is 4.71. The molecule has 0 radical (unpaired) electrons. The van der Waals surface area contributed by atoms with Gasteiger partial charge < -0.3 is 14.8 Å². The molecule has 3 rings (SSSR count). The van der Waals surface area contributed by atoms with Crippen LogP contribution in [0.5, 0.6) is 11.5 Å². The lowest BCUT2D eigenvalue weighted by molar-refractivity contribution is 0.295. The normalized spacial score (nSPS) is 22.1. The lowest BCUT2D eigenvalue weighted by Gasteiger charge is -2.24. The molecule has 2 heterocycles. The summed E-state index contributed by atoms with van der Waals surface area (Å²) in [4.78, 5) is 0. The first-order valence-corrected chi connectivity index (χ1v) is 8.33. The summed E-state index contributed by atoms with van der Waals surface area (Å²) >= 11 is 3.75. The highest BCUT2D eigenvalue weighted by molar-refractivity contribution is 9.10. The molecule has 3 nitrogen and oxygen atoms in total. The molecule has 1 fully saturated rings. The van der Waals surface area contributed by atoms with Gasteiger partial charge in [-0.25, -0.2) is 0 Å². The molecule has 1 N–H and O–H groups in total. The Morgan fingerprint density at radius 3 is 2.75 bits per heavy atom. The fraction of sp³-hybridized carbons (Fsp3) is 0.625. The van der Waals surface area contributed by atoms with E-state index in [4.69, 9.17) is 9.47 Å². The molecular formula is C16H22BrNO2. The number of hydrogen-bond acceptors (Lipinski definition) is 3. The van der Waals surface area contributed by atoms with E-state index in [2.05, 4.69) is 41.2 Å². The van der Waals surface area contributed by atoms with Crippen molar-refractivity contribution in [3.8, 4) is 11.5 Å². The summed E-state index contributed by atoms with van der Waals surface area (Å²) in [5, 5.41) is 3.61. The van der Waals surface area contributed by atoms with Crippen LogP contribution in [0.3, 0.4) is 0 Å². The van der Waals surface area contributed by atoms with Gasteiger partial charge in [0.25, 0.3) is 0 Å². The van der Waals surface area contributed by atoms with Crippen molar-refractivity contribution in [3.05, 3.63) is 21.7 Å². The summed E-state index contributed by atoms with van der Waals surface area (Å²) in [6, 6.07) is 2.51. The van der Waals surface area contributed by atoms with Crippen molar-refractivity contribution in [1.29, 1.82) is 0 Å². The van der Waals surface area contributed by atoms with Gasteiger partial charge in [-0.05, 0) is 36.9 Å². The van der Waals surface area contributed by atoms with Crippen LogP contribution in [0.15, 0.2) is 10.5 Å². The molecule has 0 saturated carbocycles. The summed E-state index contributed by atoms with van der Waals surface area (Å²) in [7, 11) is 0. The Morgan fingerprint density at radius 2 is 2.05 bits per heavy atom. The van der Waals surface area contributed by atoms with E-state index in [-0.39, 0.29) is 0 Å². The van der Waals surface area contributed by atoms with Crippen molar-refractivity contribution in [2.45, 2.75) is 45.1 Å². The van der Waals surface area contributed by atoms with Crippen LogP contribution >= 0.6 is 15.9 Å². The van der Waals surface area contributed by atoms with Gasteiger partial charge in [0.15, 0.2) is 11.5 Å². The van der Waals surface area contributed by atoms with Crippen molar-refractivity contribution < 1.29 is 9.47 Å². The first kappa shape index (κ1) is 14.2. The van der Waals surface area contributed by atoms with Crippen molar-refractivity contribution in [3.63, 3.8) is 0 Å². The highest BCUT2D eigenvalue weighted by Crippen LogP contribution is 2.46. The van der Waals surface area contributed by atoms with Gasteiger partial charge in [0.05, 0.1) is 13.2 Å². The quantitative estimate of drug-likeness (QED) is 0.877. The summed E-state index contributed by atoms with van der Waals surface area (Å²) in [6.45, 7) is 7.04. The molecule has 0 aromatic heterocycles. The predicted molar refractivity (Wildman–Crippen MR) is 83.8 cm³/mol. The molecule has 20 heavy (non-hydrogen) atoms. The van der Waals surface area contributed by atoms with Gasteiger partial charge in [-0.15, -0.1) is 0 Å². The lowest BCUT2D eigenvalue weighted by atomic mass is 9.90. The topological polar surface area (TPSA) is 30.5 Å². The molecule has 0 bridgehead atoms. The minimum Gasteiger partial charge on any atom is -0.490 e. The Bertz CT molecular complexity index is 496. The molecule has 1 atom stereocenters. The van der Waals surface area contributed by atoms with E-state index in [1.54, 1.807) is 0 Å². The maximum Gasteiger partial charge on any atom is 0.165 e. The van der Waals surface area contributed by atoms with Gasteiger partial charge in [-0.1, -0.05) is 29.8 Å². The number of nitrogens with one attached hydrogen (secondary N) is 1. The Kier molecular flexibility index (Phi) is 4.22. The summed E-state index contributed by atoms with van der Waals surface area (Å²) in [5.41, 5.74) is 2.66. The van der Waals surface area contributed by atoms with Crippen LogP contribution in [0.1, 0.15) is 56.2 Å². The van der Waals surface area contributed by atoms with Crippen molar-refractivity contribution in [2.24, 2.45) is 0 Å². The third kappa shape index (κ3) is 2.56.